The largest absolute Gasteiger partial charge is 0.478 e. The maximum absolute atomic E-state index is 12.2. The molecule has 0 unspecified atom stereocenters. The molecule has 0 aliphatic carbocycles. The Labute approximate surface area is 140 Å². The third-order valence-corrected chi connectivity index (χ3v) is 4.22. The Morgan fingerprint density at radius 1 is 1.27 bits per heavy atom. The number of carbonyl (C=O) groups is 2. The quantitative estimate of drug-likeness (QED) is 0.776. The van der Waals surface area contributed by atoms with Crippen molar-refractivity contribution < 1.29 is 19.4 Å². The van der Waals surface area contributed by atoms with Crippen LogP contribution in [-0.4, -0.2) is 23.7 Å². The molecule has 0 amide bonds. The topological polar surface area (TPSA) is 63.6 Å². The minimum atomic E-state index is -1.11. The number of halogens is 1. The van der Waals surface area contributed by atoms with Crippen molar-refractivity contribution in [3.8, 4) is 0 Å². The lowest BCUT2D eigenvalue weighted by molar-refractivity contribution is 0.0513. The maximum atomic E-state index is 12.2. The zero-order valence-electron chi connectivity index (χ0n) is 13.7. The molecule has 1 aromatic carbocycles. The highest BCUT2D eigenvalue weighted by atomic mass is 79.9. The number of aryl methyl sites for hydroxylation is 1. The van der Waals surface area contributed by atoms with Gasteiger partial charge in [-0.3, -0.25) is 0 Å². The fourth-order valence-corrected chi connectivity index (χ4v) is 3.08. The summed E-state index contributed by atoms with van der Waals surface area (Å²) in [5.74, 6) is -1.69. The second kappa shape index (κ2) is 7.27. The molecular weight excluding hydrogens is 348 g/mol. The molecule has 0 fully saturated rings. The number of esters is 1. The van der Waals surface area contributed by atoms with Crippen molar-refractivity contribution in [1.82, 2.24) is 0 Å². The van der Waals surface area contributed by atoms with E-state index in [4.69, 9.17) is 4.74 Å². The fourth-order valence-electron chi connectivity index (χ4n) is 2.34. The van der Waals surface area contributed by atoms with E-state index in [-0.39, 0.29) is 23.1 Å². The van der Waals surface area contributed by atoms with Crippen LogP contribution in [0.25, 0.3) is 0 Å². The summed E-state index contributed by atoms with van der Waals surface area (Å²) < 4.78 is 5.80. The average molecular weight is 371 g/mol. The van der Waals surface area contributed by atoms with Crippen molar-refractivity contribution in [3.63, 3.8) is 0 Å². The number of ether oxygens (including phenoxy) is 1. The molecule has 0 spiro atoms. The zero-order chi connectivity index (χ0) is 17.1. The van der Waals surface area contributed by atoms with Gasteiger partial charge >= 0.3 is 11.9 Å². The second-order valence-electron chi connectivity index (χ2n) is 6.37. The third-order valence-electron chi connectivity index (χ3n) is 3.23. The predicted molar refractivity (Wildman–Crippen MR) is 89.6 cm³/mol. The zero-order valence-corrected chi connectivity index (χ0v) is 15.3. The molecule has 22 heavy (non-hydrogen) atoms. The Bertz CT molecular complexity index is 585. The molecule has 0 saturated heterocycles. The van der Waals surface area contributed by atoms with Gasteiger partial charge in [-0.05, 0) is 42.4 Å². The van der Waals surface area contributed by atoms with Gasteiger partial charge in [0.15, 0.2) is 0 Å². The fraction of sp³-hybridized carbons (Fsp3) is 0.529. The molecule has 1 rings (SSSR count). The van der Waals surface area contributed by atoms with Gasteiger partial charge in [0.25, 0.3) is 0 Å². The molecule has 4 nitrogen and oxygen atoms in total. The van der Waals surface area contributed by atoms with Gasteiger partial charge in [-0.1, -0.05) is 43.6 Å². The summed E-state index contributed by atoms with van der Waals surface area (Å²) in [7, 11) is 0. The molecule has 0 radical (unpaired) electrons. The Hall–Kier alpha value is -1.36. The first-order valence-corrected chi connectivity index (χ1v) is 8.16. The molecule has 0 aliphatic heterocycles. The minimum absolute atomic E-state index is 0.0393. The molecule has 0 heterocycles. The Morgan fingerprint density at radius 2 is 1.86 bits per heavy atom. The van der Waals surface area contributed by atoms with Crippen LogP contribution in [0.15, 0.2) is 10.5 Å². The van der Waals surface area contributed by atoms with Crippen molar-refractivity contribution in [2.45, 2.75) is 47.5 Å². The summed E-state index contributed by atoms with van der Waals surface area (Å²) in [4.78, 5) is 23.9. The number of aromatic carboxylic acids is 1. The monoisotopic (exact) mass is 370 g/mol. The summed E-state index contributed by atoms with van der Waals surface area (Å²) >= 11 is 3.52. The van der Waals surface area contributed by atoms with Crippen molar-refractivity contribution in [2.24, 2.45) is 5.41 Å². The Balaban J connectivity index is 3.66. The van der Waals surface area contributed by atoms with E-state index < -0.39 is 11.9 Å². The predicted octanol–water partition coefficient (Wildman–Crippen LogP) is 4.48. The normalized spacial score (nSPS) is 11.4. The standard InChI is InChI=1S/C17H23BrO4/c1-6-10-8-11(16(21)22-7-2)13(15(19)20)12(14(10)18)9-17(3,4)5/h8H,6-7,9H2,1-5H3,(H,19,20). The average Bonchev–Trinajstić information content (AvgIpc) is 2.39. The molecule has 1 aromatic rings. The molecule has 0 aliphatic rings. The van der Waals surface area contributed by atoms with Crippen LogP contribution in [0, 0.1) is 5.41 Å². The van der Waals surface area contributed by atoms with E-state index in [0.717, 1.165) is 10.0 Å². The molecule has 0 atom stereocenters. The Morgan fingerprint density at radius 3 is 2.27 bits per heavy atom. The Kier molecular flexibility index (Phi) is 6.17. The van der Waals surface area contributed by atoms with Crippen LogP contribution in [0.2, 0.25) is 0 Å². The van der Waals surface area contributed by atoms with Crippen LogP contribution >= 0.6 is 15.9 Å². The molecule has 122 valence electrons. The highest BCUT2D eigenvalue weighted by Gasteiger charge is 2.27. The van der Waals surface area contributed by atoms with E-state index >= 15 is 0 Å². The number of carboxylic acid groups (broad SMARTS) is 1. The van der Waals surface area contributed by atoms with Gasteiger partial charge in [0.2, 0.25) is 0 Å². The molecule has 0 bridgehead atoms. The van der Waals surface area contributed by atoms with Gasteiger partial charge in [-0.2, -0.15) is 0 Å². The van der Waals surface area contributed by atoms with Gasteiger partial charge in [0, 0.05) is 4.47 Å². The number of rotatable bonds is 5. The van der Waals surface area contributed by atoms with E-state index in [1.165, 1.54) is 0 Å². The van der Waals surface area contributed by atoms with Crippen LogP contribution < -0.4 is 0 Å². The summed E-state index contributed by atoms with van der Waals surface area (Å²) in [5, 5.41) is 9.62. The number of carboxylic acids is 1. The summed E-state index contributed by atoms with van der Waals surface area (Å²) in [6.45, 7) is 9.99. The molecule has 0 aromatic heterocycles. The van der Waals surface area contributed by atoms with Crippen molar-refractivity contribution >= 4 is 27.9 Å². The summed E-state index contributed by atoms with van der Waals surface area (Å²) in [6.07, 6.45) is 1.25. The lowest BCUT2D eigenvalue weighted by Crippen LogP contribution is -2.19. The van der Waals surface area contributed by atoms with Gasteiger partial charge in [-0.15, -0.1) is 0 Å². The van der Waals surface area contributed by atoms with Crippen LogP contribution in [0.4, 0.5) is 0 Å². The van der Waals surface area contributed by atoms with Gasteiger partial charge in [0.05, 0.1) is 17.7 Å². The lowest BCUT2D eigenvalue weighted by atomic mass is 9.84. The van der Waals surface area contributed by atoms with Crippen molar-refractivity contribution in [3.05, 3.63) is 32.8 Å². The first kappa shape index (κ1) is 18.7. The number of hydrogen-bond acceptors (Lipinski definition) is 3. The highest BCUT2D eigenvalue weighted by molar-refractivity contribution is 9.10. The van der Waals surface area contributed by atoms with Gasteiger partial charge < -0.3 is 9.84 Å². The van der Waals surface area contributed by atoms with Crippen LogP contribution in [0.5, 0.6) is 0 Å². The van der Waals surface area contributed by atoms with E-state index in [2.05, 4.69) is 15.9 Å². The summed E-state index contributed by atoms with van der Waals surface area (Å²) in [5.41, 5.74) is 1.63. The third kappa shape index (κ3) is 4.32. The van der Waals surface area contributed by atoms with E-state index in [0.29, 0.717) is 18.4 Å². The molecule has 1 N–H and O–H groups in total. The second-order valence-corrected chi connectivity index (χ2v) is 7.16. The number of carbonyl (C=O) groups excluding carboxylic acids is 1. The van der Waals surface area contributed by atoms with Crippen molar-refractivity contribution in [2.75, 3.05) is 6.61 Å². The maximum Gasteiger partial charge on any atom is 0.339 e. The van der Waals surface area contributed by atoms with E-state index in [1.54, 1.807) is 13.0 Å². The summed E-state index contributed by atoms with van der Waals surface area (Å²) in [6, 6.07) is 1.62. The first-order chi connectivity index (χ1) is 10.1. The number of benzene rings is 1. The van der Waals surface area contributed by atoms with Crippen LogP contribution in [0.3, 0.4) is 0 Å². The number of hydrogen-bond donors (Lipinski definition) is 1. The molecule has 5 heteroatoms. The SMILES string of the molecule is CCOC(=O)c1cc(CC)c(Br)c(CC(C)(C)C)c1C(=O)O. The molecular formula is C17H23BrO4. The lowest BCUT2D eigenvalue weighted by Gasteiger charge is -2.23. The van der Waals surface area contributed by atoms with Gasteiger partial charge in [-0.25, -0.2) is 9.59 Å². The van der Waals surface area contributed by atoms with E-state index in [1.807, 2.05) is 27.7 Å². The highest BCUT2D eigenvalue weighted by Crippen LogP contribution is 2.34. The smallest absolute Gasteiger partial charge is 0.339 e. The minimum Gasteiger partial charge on any atom is -0.478 e. The van der Waals surface area contributed by atoms with E-state index in [9.17, 15) is 14.7 Å². The molecule has 0 saturated carbocycles. The first-order valence-electron chi connectivity index (χ1n) is 7.37. The van der Waals surface area contributed by atoms with Crippen LogP contribution in [-0.2, 0) is 17.6 Å². The van der Waals surface area contributed by atoms with Crippen LogP contribution in [0.1, 0.15) is 66.5 Å². The van der Waals surface area contributed by atoms with Crippen molar-refractivity contribution in [1.29, 1.82) is 0 Å². The van der Waals surface area contributed by atoms with Gasteiger partial charge in [0.1, 0.15) is 0 Å².